The lowest BCUT2D eigenvalue weighted by molar-refractivity contribution is -0.129. The highest BCUT2D eigenvalue weighted by molar-refractivity contribution is 5.96. The molecular formula is C16H22N4O2. The van der Waals surface area contributed by atoms with Crippen LogP contribution in [0.4, 0.5) is 5.95 Å². The summed E-state index contributed by atoms with van der Waals surface area (Å²) in [4.78, 5) is 34.9. The summed E-state index contributed by atoms with van der Waals surface area (Å²) in [6, 6.07) is 2.19. The zero-order valence-electron chi connectivity index (χ0n) is 13.1. The molecule has 0 unspecified atom stereocenters. The minimum atomic E-state index is -0.294. The van der Waals surface area contributed by atoms with Crippen molar-refractivity contribution in [1.82, 2.24) is 14.9 Å². The molecule has 1 N–H and O–H groups in total. The first-order valence-electron chi connectivity index (χ1n) is 7.95. The smallest absolute Gasteiger partial charge is 0.232 e. The van der Waals surface area contributed by atoms with Crippen LogP contribution >= 0.6 is 0 Å². The predicted molar refractivity (Wildman–Crippen MR) is 82.2 cm³/mol. The number of carbonyl (C=O) groups is 2. The molecular weight excluding hydrogens is 280 g/mol. The van der Waals surface area contributed by atoms with Crippen molar-refractivity contribution in [3.8, 4) is 0 Å². The van der Waals surface area contributed by atoms with Gasteiger partial charge in [0.1, 0.15) is 0 Å². The lowest BCUT2D eigenvalue weighted by atomic mass is 10.1. The van der Waals surface area contributed by atoms with Gasteiger partial charge in [-0.2, -0.15) is 0 Å². The van der Waals surface area contributed by atoms with Crippen LogP contribution in [0.15, 0.2) is 6.07 Å². The third-order valence-corrected chi connectivity index (χ3v) is 4.51. The van der Waals surface area contributed by atoms with Crippen molar-refractivity contribution in [2.24, 2.45) is 5.92 Å². The standard InChI is InChI=1S/C16H22N4O2/c1-10-7-11(2)18-16(17-10)19-15(22)12-8-14(21)20(9-12)13-5-3-4-6-13/h7,12-13H,3-6,8-9H2,1-2H3,(H,17,18,19,22)/t12-/m1/s1. The number of aryl methyl sites for hydroxylation is 2. The molecule has 1 atom stereocenters. The van der Waals surface area contributed by atoms with E-state index in [1.54, 1.807) is 0 Å². The summed E-state index contributed by atoms with van der Waals surface area (Å²) < 4.78 is 0. The fourth-order valence-electron chi connectivity index (χ4n) is 3.47. The highest BCUT2D eigenvalue weighted by Crippen LogP contribution is 2.29. The summed E-state index contributed by atoms with van der Waals surface area (Å²) in [5, 5.41) is 2.76. The molecule has 2 fully saturated rings. The van der Waals surface area contributed by atoms with Crippen LogP contribution in [0.3, 0.4) is 0 Å². The Morgan fingerprint density at radius 3 is 2.50 bits per heavy atom. The van der Waals surface area contributed by atoms with Crippen LogP contribution in [-0.4, -0.2) is 39.3 Å². The normalized spacial score (nSPS) is 22.4. The number of hydrogen-bond donors (Lipinski definition) is 1. The highest BCUT2D eigenvalue weighted by Gasteiger charge is 2.38. The lowest BCUT2D eigenvalue weighted by Crippen LogP contribution is -2.35. The predicted octanol–water partition coefficient (Wildman–Crippen LogP) is 1.82. The number of nitrogens with zero attached hydrogens (tertiary/aromatic N) is 3. The number of nitrogens with one attached hydrogen (secondary N) is 1. The van der Waals surface area contributed by atoms with E-state index >= 15 is 0 Å². The third-order valence-electron chi connectivity index (χ3n) is 4.51. The van der Waals surface area contributed by atoms with Gasteiger partial charge in [0.15, 0.2) is 0 Å². The number of carbonyl (C=O) groups excluding carboxylic acids is 2. The van der Waals surface area contributed by atoms with Gasteiger partial charge in [0, 0.05) is 30.4 Å². The summed E-state index contributed by atoms with van der Waals surface area (Å²) in [7, 11) is 0. The maximum atomic E-state index is 12.4. The van der Waals surface area contributed by atoms with Gasteiger partial charge in [0.2, 0.25) is 17.8 Å². The molecule has 6 heteroatoms. The van der Waals surface area contributed by atoms with Crippen molar-refractivity contribution in [3.63, 3.8) is 0 Å². The minimum absolute atomic E-state index is 0.105. The van der Waals surface area contributed by atoms with Gasteiger partial charge in [-0.3, -0.25) is 14.9 Å². The average Bonchev–Trinajstić information content (AvgIpc) is 3.06. The molecule has 1 aliphatic heterocycles. The fourth-order valence-corrected chi connectivity index (χ4v) is 3.47. The first-order chi connectivity index (χ1) is 10.5. The van der Waals surface area contributed by atoms with E-state index in [1.807, 2.05) is 24.8 Å². The zero-order valence-corrected chi connectivity index (χ0v) is 13.1. The summed E-state index contributed by atoms with van der Waals surface area (Å²) in [5.41, 5.74) is 1.63. The van der Waals surface area contributed by atoms with Crippen molar-refractivity contribution < 1.29 is 9.59 Å². The fraction of sp³-hybridized carbons (Fsp3) is 0.625. The highest BCUT2D eigenvalue weighted by atomic mass is 16.2. The van der Waals surface area contributed by atoms with Crippen LogP contribution < -0.4 is 5.32 Å². The molecule has 1 aromatic rings. The van der Waals surface area contributed by atoms with E-state index in [0.717, 1.165) is 24.2 Å². The molecule has 0 aromatic carbocycles. The second kappa shape index (κ2) is 6.02. The Hall–Kier alpha value is -1.98. The molecule has 2 aliphatic rings. The zero-order chi connectivity index (χ0) is 15.7. The monoisotopic (exact) mass is 302 g/mol. The molecule has 6 nitrogen and oxygen atoms in total. The first-order valence-corrected chi connectivity index (χ1v) is 7.95. The molecule has 1 saturated carbocycles. The number of hydrogen-bond acceptors (Lipinski definition) is 4. The van der Waals surface area contributed by atoms with Crippen LogP contribution in [0.25, 0.3) is 0 Å². The number of likely N-dealkylation sites (tertiary alicyclic amines) is 1. The molecule has 2 heterocycles. The Balaban J connectivity index is 1.64. The van der Waals surface area contributed by atoms with Gasteiger partial charge in [-0.1, -0.05) is 12.8 Å². The van der Waals surface area contributed by atoms with E-state index in [9.17, 15) is 9.59 Å². The molecule has 1 aliphatic carbocycles. The Morgan fingerprint density at radius 2 is 1.86 bits per heavy atom. The first kappa shape index (κ1) is 14.9. The molecule has 3 rings (SSSR count). The molecule has 0 spiro atoms. The van der Waals surface area contributed by atoms with Crippen molar-refractivity contribution in [3.05, 3.63) is 17.5 Å². The van der Waals surface area contributed by atoms with E-state index in [0.29, 0.717) is 25.0 Å². The molecule has 0 radical (unpaired) electrons. The van der Waals surface area contributed by atoms with Crippen molar-refractivity contribution in [2.45, 2.75) is 52.0 Å². The summed E-state index contributed by atoms with van der Waals surface area (Å²) in [5.74, 6) is -0.0148. The second-order valence-corrected chi connectivity index (χ2v) is 6.35. The second-order valence-electron chi connectivity index (χ2n) is 6.35. The quantitative estimate of drug-likeness (QED) is 0.924. The van der Waals surface area contributed by atoms with Crippen LogP contribution in [0, 0.1) is 19.8 Å². The van der Waals surface area contributed by atoms with E-state index in [2.05, 4.69) is 15.3 Å². The SMILES string of the molecule is Cc1cc(C)nc(NC(=O)[C@@H]2CC(=O)N(C3CCCC3)C2)n1. The number of amides is 2. The Labute approximate surface area is 130 Å². The number of aromatic nitrogens is 2. The van der Waals surface area contributed by atoms with E-state index in [1.165, 1.54) is 12.8 Å². The van der Waals surface area contributed by atoms with E-state index in [-0.39, 0.29) is 17.7 Å². The maximum absolute atomic E-state index is 12.4. The van der Waals surface area contributed by atoms with E-state index < -0.39 is 0 Å². The molecule has 2 amide bonds. The molecule has 22 heavy (non-hydrogen) atoms. The van der Waals surface area contributed by atoms with Crippen molar-refractivity contribution in [1.29, 1.82) is 0 Å². The summed E-state index contributed by atoms with van der Waals surface area (Å²) >= 11 is 0. The van der Waals surface area contributed by atoms with Crippen LogP contribution in [-0.2, 0) is 9.59 Å². The van der Waals surface area contributed by atoms with Gasteiger partial charge in [0.25, 0.3) is 0 Å². The van der Waals surface area contributed by atoms with Crippen molar-refractivity contribution in [2.75, 3.05) is 11.9 Å². The van der Waals surface area contributed by atoms with Gasteiger partial charge in [-0.05, 0) is 32.8 Å². The third kappa shape index (κ3) is 3.10. The Bertz CT molecular complexity index is 576. The van der Waals surface area contributed by atoms with Gasteiger partial charge < -0.3 is 4.90 Å². The number of rotatable bonds is 3. The Kier molecular flexibility index (Phi) is 4.09. The topological polar surface area (TPSA) is 75.2 Å². The van der Waals surface area contributed by atoms with Crippen LogP contribution in [0.5, 0.6) is 0 Å². The molecule has 0 bridgehead atoms. The molecule has 1 aromatic heterocycles. The van der Waals surface area contributed by atoms with Crippen LogP contribution in [0.1, 0.15) is 43.5 Å². The minimum Gasteiger partial charge on any atom is -0.339 e. The van der Waals surface area contributed by atoms with Gasteiger partial charge in [-0.25, -0.2) is 9.97 Å². The average molecular weight is 302 g/mol. The molecule has 118 valence electrons. The lowest BCUT2D eigenvalue weighted by Gasteiger charge is -2.23. The summed E-state index contributed by atoms with van der Waals surface area (Å²) in [6.07, 6.45) is 4.80. The maximum Gasteiger partial charge on any atom is 0.232 e. The Morgan fingerprint density at radius 1 is 1.23 bits per heavy atom. The summed E-state index contributed by atoms with van der Waals surface area (Å²) in [6.45, 7) is 4.26. The van der Waals surface area contributed by atoms with Crippen molar-refractivity contribution >= 4 is 17.8 Å². The molecule has 1 saturated heterocycles. The van der Waals surface area contributed by atoms with Gasteiger partial charge in [-0.15, -0.1) is 0 Å². The number of anilines is 1. The largest absolute Gasteiger partial charge is 0.339 e. The van der Waals surface area contributed by atoms with E-state index in [4.69, 9.17) is 0 Å². The van der Waals surface area contributed by atoms with Crippen LogP contribution in [0.2, 0.25) is 0 Å². The van der Waals surface area contributed by atoms with Gasteiger partial charge >= 0.3 is 0 Å². The van der Waals surface area contributed by atoms with Gasteiger partial charge in [0.05, 0.1) is 5.92 Å².